The van der Waals surface area contributed by atoms with Crippen LogP contribution in [-0.4, -0.2) is 38.0 Å². The summed E-state index contributed by atoms with van der Waals surface area (Å²) in [5, 5.41) is 12.4. The van der Waals surface area contributed by atoms with Crippen molar-refractivity contribution in [3.8, 4) is 17.1 Å². The number of thiazole rings is 1. The van der Waals surface area contributed by atoms with E-state index < -0.39 is 0 Å². The third-order valence-electron chi connectivity index (χ3n) is 4.29. The molecule has 1 aromatic carbocycles. The largest absolute Gasteiger partial charge is 0.496 e. The first-order chi connectivity index (χ1) is 13.9. The average Bonchev–Trinajstić information content (AvgIpc) is 3.24. The van der Waals surface area contributed by atoms with Crippen LogP contribution in [-0.2, 0) is 11.3 Å². The molecular formula is C20H23N5O2S2. The molecule has 2 heterocycles. The quantitative estimate of drug-likeness (QED) is 0.424. The van der Waals surface area contributed by atoms with Crippen molar-refractivity contribution in [1.29, 1.82) is 0 Å². The second-order valence-corrected chi connectivity index (χ2v) is 8.83. The fraction of sp³-hybridized carbons (Fsp3) is 0.300. The summed E-state index contributed by atoms with van der Waals surface area (Å²) in [4.78, 5) is 18.1. The monoisotopic (exact) mass is 429 g/mol. The van der Waals surface area contributed by atoms with Crippen LogP contribution in [0.1, 0.15) is 17.5 Å². The molecule has 29 heavy (non-hydrogen) atoms. The fourth-order valence-electron chi connectivity index (χ4n) is 2.64. The summed E-state index contributed by atoms with van der Waals surface area (Å²) < 4.78 is 7.38. The van der Waals surface area contributed by atoms with Crippen molar-refractivity contribution >= 4 is 34.1 Å². The Bertz CT molecular complexity index is 1010. The molecule has 0 fully saturated rings. The van der Waals surface area contributed by atoms with Crippen LogP contribution in [0, 0.1) is 13.8 Å². The van der Waals surface area contributed by atoms with E-state index in [-0.39, 0.29) is 11.2 Å². The van der Waals surface area contributed by atoms with E-state index in [4.69, 9.17) is 4.74 Å². The van der Waals surface area contributed by atoms with E-state index in [1.54, 1.807) is 13.2 Å². The summed E-state index contributed by atoms with van der Waals surface area (Å²) in [7, 11) is 1.62. The fourth-order valence-corrected chi connectivity index (χ4v) is 4.32. The molecule has 1 atom stereocenters. The predicted octanol–water partition coefficient (Wildman–Crippen LogP) is 4.33. The predicted molar refractivity (Wildman–Crippen MR) is 118 cm³/mol. The highest BCUT2D eigenvalue weighted by molar-refractivity contribution is 8.00. The number of aromatic nitrogens is 4. The van der Waals surface area contributed by atoms with Crippen LogP contribution in [0.25, 0.3) is 11.4 Å². The number of nitrogens with zero attached hydrogens (tertiary/aromatic N) is 4. The molecule has 0 bridgehead atoms. The molecule has 3 aromatic rings. The second-order valence-electron chi connectivity index (χ2n) is 6.32. The Morgan fingerprint density at radius 2 is 2.14 bits per heavy atom. The van der Waals surface area contributed by atoms with Crippen molar-refractivity contribution in [3.63, 3.8) is 0 Å². The van der Waals surface area contributed by atoms with Crippen LogP contribution >= 0.6 is 23.1 Å². The zero-order valence-electron chi connectivity index (χ0n) is 16.8. The Kier molecular flexibility index (Phi) is 6.71. The molecule has 1 unspecified atom stereocenters. The maximum absolute atomic E-state index is 12.6. The van der Waals surface area contributed by atoms with Gasteiger partial charge in [-0.15, -0.1) is 28.1 Å². The number of thioether (sulfide) groups is 1. The lowest BCUT2D eigenvalue weighted by Crippen LogP contribution is -2.22. The minimum atomic E-state index is -0.377. The van der Waals surface area contributed by atoms with Gasteiger partial charge in [0.05, 0.1) is 23.6 Å². The van der Waals surface area contributed by atoms with Crippen LogP contribution in [0.4, 0.5) is 5.13 Å². The Labute approximate surface area is 178 Å². The number of carbonyl (C=O) groups is 1. The number of nitrogens with one attached hydrogen (secondary N) is 1. The Hall–Kier alpha value is -2.65. The molecule has 1 amide bonds. The first-order valence-electron chi connectivity index (χ1n) is 9.03. The molecule has 0 aliphatic heterocycles. The number of rotatable bonds is 8. The highest BCUT2D eigenvalue weighted by Gasteiger charge is 2.22. The minimum Gasteiger partial charge on any atom is -0.496 e. The lowest BCUT2D eigenvalue weighted by Gasteiger charge is -2.13. The molecule has 2 aromatic heterocycles. The lowest BCUT2D eigenvalue weighted by atomic mass is 10.2. The number of amides is 1. The van der Waals surface area contributed by atoms with Crippen LogP contribution in [0.2, 0.25) is 0 Å². The van der Waals surface area contributed by atoms with Gasteiger partial charge in [0.15, 0.2) is 16.1 Å². The SMILES string of the molecule is C=CCn1c(SC(C)C(=O)Nc2nc(C)c(C)s2)nnc1-c1ccccc1OC. The van der Waals surface area contributed by atoms with E-state index in [2.05, 4.69) is 27.1 Å². The number of ether oxygens (including phenoxy) is 1. The molecule has 0 aliphatic rings. The number of carbonyl (C=O) groups excluding carboxylic acids is 1. The number of methoxy groups -OCH3 is 1. The molecule has 0 saturated heterocycles. The Morgan fingerprint density at radius 1 is 1.38 bits per heavy atom. The van der Waals surface area contributed by atoms with E-state index in [1.807, 2.05) is 49.6 Å². The Morgan fingerprint density at radius 3 is 2.79 bits per heavy atom. The molecule has 152 valence electrons. The molecule has 1 N–H and O–H groups in total. The average molecular weight is 430 g/mol. The van der Waals surface area contributed by atoms with E-state index in [9.17, 15) is 4.79 Å². The van der Waals surface area contributed by atoms with Gasteiger partial charge in [0.1, 0.15) is 5.75 Å². The van der Waals surface area contributed by atoms with Crippen molar-refractivity contribution in [3.05, 3.63) is 47.5 Å². The highest BCUT2D eigenvalue weighted by Crippen LogP contribution is 2.32. The number of hydrogen-bond donors (Lipinski definition) is 1. The summed E-state index contributed by atoms with van der Waals surface area (Å²) in [6.45, 7) is 10.1. The molecule has 3 rings (SSSR count). The van der Waals surface area contributed by atoms with Crippen molar-refractivity contribution in [2.24, 2.45) is 0 Å². The first-order valence-corrected chi connectivity index (χ1v) is 10.7. The van der Waals surface area contributed by atoms with Crippen molar-refractivity contribution in [2.45, 2.75) is 37.7 Å². The molecule has 0 aliphatic carbocycles. The smallest absolute Gasteiger partial charge is 0.239 e. The summed E-state index contributed by atoms with van der Waals surface area (Å²) >= 11 is 2.81. The molecule has 7 nitrogen and oxygen atoms in total. The number of allylic oxidation sites excluding steroid dienone is 1. The highest BCUT2D eigenvalue weighted by atomic mass is 32.2. The van der Waals surface area contributed by atoms with Gasteiger partial charge in [0, 0.05) is 11.4 Å². The summed E-state index contributed by atoms with van der Waals surface area (Å²) in [5.41, 5.74) is 1.76. The number of para-hydroxylation sites is 1. The number of hydrogen-bond acceptors (Lipinski definition) is 7. The first kappa shape index (κ1) is 21.1. The Balaban J connectivity index is 1.82. The van der Waals surface area contributed by atoms with Crippen LogP contribution in [0.15, 0.2) is 42.1 Å². The number of aryl methyl sites for hydroxylation is 2. The topological polar surface area (TPSA) is 81.9 Å². The minimum absolute atomic E-state index is 0.129. The normalized spacial score (nSPS) is 11.9. The third kappa shape index (κ3) is 4.68. The van der Waals surface area contributed by atoms with Gasteiger partial charge in [-0.25, -0.2) is 4.98 Å². The van der Waals surface area contributed by atoms with Gasteiger partial charge in [-0.05, 0) is 32.9 Å². The molecule has 0 spiro atoms. The molecular weight excluding hydrogens is 406 g/mol. The zero-order valence-corrected chi connectivity index (χ0v) is 18.4. The van der Waals surface area contributed by atoms with Crippen LogP contribution in [0.3, 0.4) is 0 Å². The van der Waals surface area contributed by atoms with Gasteiger partial charge in [-0.2, -0.15) is 0 Å². The number of anilines is 1. The number of benzene rings is 1. The second kappa shape index (κ2) is 9.23. The van der Waals surface area contributed by atoms with E-state index in [1.165, 1.54) is 23.1 Å². The maximum Gasteiger partial charge on any atom is 0.239 e. The lowest BCUT2D eigenvalue weighted by molar-refractivity contribution is -0.115. The summed E-state index contributed by atoms with van der Waals surface area (Å²) in [6, 6.07) is 7.63. The maximum atomic E-state index is 12.6. The summed E-state index contributed by atoms with van der Waals surface area (Å²) in [6.07, 6.45) is 1.78. The molecule has 0 radical (unpaired) electrons. The van der Waals surface area contributed by atoms with Gasteiger partial charge >= 0.3 is 0 Å². The van der Waals surface area contributed by atoms with E-state index >= 15 is 0 Å². The summed E-state index contributed by atoms with van der Waals surface area (Å²) in [5.74, 6) is 1.25. The van der Waals surface area contributed by atoms with Gasteiger partial charge in [-0.1, -0.05) is 30.0 Å². The van der Waals surface area contributed by atoms with Crippen molar-refractivity contribution in [1.82, 2.24) is 19.7 Å². The molecule has 9 heteroatoms. The standard InChI is InChI=1S/C20H23N5O2S2/c1-6-11-25-17(15-9-7-8-10-16(15)27-5)23-24-20(25)29-14(4)18(26)22-19-21-12(2)13(3)28-19/h6-10,14H,1,11H2,2-5H3,(H,21,22,26). The van der Waals surface area contributed by atoms with Crippen LogP contribution in [0.5, 0.6) is 5.75 Å². The van der Waals surface area contributed by atoms with E-state index in [0.717, 1.165) is 16.1 Å². The third-order valence-corrected chi connectivity index (χ3v) is 6.36. The van der Waals surface area contributed by atoms with Crippen molar-refractivity contribution < 1.29 is 9.53 Å². The van der Waals surface area contributed by atoms with Gasteiger partial charge in [-0.3, -0.25) is 9.36 Å². The van der Waals surface area contributed by atoms with Gasteiger partial charge < -0.3 is 10.1 Å². The zero-order chi connectivity index (χ0) is 21.0. The van der Waals surface area contributed by atoms with Crippen LogP contribution < -0.4 is 10.1 Å². The van der Waals surface area contributed by atoms with Gasteiger partial charge in [0.2, 0.25) is 5.91 Å². The van der Waals surface area contributed by atoms with Gasteiger partial charge in [0.25, 0.3) is 0 Å². The molecule has 0 saturated carbocycles. The van der Waals surface area contributed by atoms with E-state index in [0.29, 0.717) is 28.4 Å². The van der Waals surface area contributed by atoms with Crippen molar-refractivity contribution in [2.75, 3.05) is 12.4 Å².